The van der Waals surface area contributed by atoms with E-state index in [1.54, 1.807) is 0 Å². The fourth-order valence-electron chi connectivity index (χ4n) is 0.286. The fraction of sp³-hybridized carbons (Fsp3) is 0.400. The van der Waals surface area contributed by atoms with Gasteiger partial charge < -0.3 is 5.11 Å². The van der Waals surface area contributed by atoms with Crippen molar-refractivity contribution in [2.45, 2.75) is 13.8 Å². The summed E-state index contributed by atoms with van der Waals surface area (Å²) in [5.41, 5.74) is 0. The van der Waals surface area contributed by atoms with E-state index >= 15 is 0 Å². The van der Waals surface area contributed by atoms with Gasteiger partial charge in [0.15, 0.2) is 5.78 Å². The topological polar surface area (TPSA) is 40.1 Å². The van der Waals surface area contributed by atoms with Gasteiger partial charge in [0.25, 0.3) is 0 Å². The molecule has 0 spiro atoms. The molecule has 0 radical (unpaired) electrons. The predicted molar refractivity (Wildman–Crippen MR) is 24.4 cm³/mol. The molecule has 0 unspecified atom stereocenters. The second-order valence-corrected chi connectivity index (χ2v) is 1.37. The summed E-state index contributed by atoms with van der Waals surface area (Å²) in [4.78, 5) is 9.98. The van der Waals surface area contributed by atoms with Crippen LogP contribution in [0.3, 0.4) is 0 Å². The van der Waals surface area contributed by atoms with Crippen LogP contribution in [-0.4, -0.2) is 5.78 Å². The Labute approximate surface area is 91.4 Å². The van der Waals surface area contributed by atoms with Crippen molar-refractivity contribution in [3.63, 3.8) is 0 Å². The average molecular weight is 138 g/mol. The maximum Gasteiger partial charge on any atom is 1.00 e. The second kappa shape index (κ2) is 5.97. The summed E-state index contributed by atoms with van der Waals surface area (Å²) in [7, 11) is 0. The number of carbonyl (C=O) groups is 1. The zero-order chi connectivity index (χ0) is 5.86. The molecule has 0 N–H and O–H groups in total. The molecule has 0 rings (SSSR count). The van der Waals surface area contributed by atoms with Crippen LogP contribution in [0.15, 0.2) is 11.8 Å². The Balaban J connectivity index is 0. The monoisotopic (exact) mass is 138 g/mol. The fourth-order valence-corrected chi connectivity index (χ4v) is 0.286. The summed E-state index contributed by atoms with van der Waals surface area (Å²) in [6, 6.07) is 0. The number of rotatable bonds is 1. The quantitative estimate of drug-likeness (QED) is 0.218. The Hall–Kier alpha value is 0.846. The molecule has 0 aliphatic carbocycles. The number of hydrogen-bond acceptors (Lipinski definition) is 2. The van der Waals surface area contributed by atoms with Gasteiger partial charge in [-0.15, -0.1) is 5.76 Å². The van der Waals surface area contributed by atoms with Crippen molar-refractivity contribution >= 4 is 5.78 Å². The van der Waals surface area contributed by atoms with Crippen molar-refractivity contribution in [3.8, 4) is 0 Å². The van der Waals surface area contributed by atoms with Crippen molar-refractivity contribution < 1.29 is 61.3 Å². The largest absolute Gasteiger partial charge is 1.00 e. The number of carbonyl (C=O) groups excluding carboxylic acids is 1. The zero-order valence-electron chi connectivity index (χ0n) is 5.39. The smallest absolute Gasteiger partial charge is 0.876 e. The first-order valence-corrected chi connectivity index (χ1v) is 1.99. The number of allylic oxidation sites excluding steroid dienone is 2. The van der Waals surface area contributed by atoms with Crippen LogP contribution in [0, 0.1) is 0 Å². The normalized spacial score (nSPS) is 10.0. The third kappa shape index (κ3) is 9.96. The molecule has 0 aromatic rings. The van der Waals surface area contributed by atoms with Crippen LogP contribution >= 0.6 is 0 Å². The van der Waals surface area contributed by atoms with Gasteiger partial charge in [0, 0.05) is 0 Å². The van der Waals surface area contributed by atoms with Crippen LogP contribution in [0.2, 0.25) is 0 Å². The SMILES string of the molecule is CC(=O)/C=C(/C)[O-].[K+]. The Morgan fingerprint density at radius 3 is 1.88 bits per heavy atom. The molecular formula is C5H7KO2. The molecular weight excluding hydrogens is 131 g/mol. The summed E-state index contributed by atoms with van der Waals surface area (Å²) < 4.78 is 0. The molecule has 0 aromatic heterocycles. The summed E-state index contributed by atoms with van der Waals surface area (Å²) in [6.07, 6.45) is 1.06. The van der Waals surface area contributed by atoms with E-state index < -0.39 is 0 Å². The molecule has 0 atom stereocenters. The minimum absolute atomic E-state index is 0. The standard InChI is InChI=1S/C5H8O2.K/c1-4(6)3-5(2)7;/h3,6H,1-2H3;/q;+1/p-1/b4-3-;. The molecule has 2 nitrogen and oxygen atoms in total. The van der Waals surface area contributed by atoms with E-state index in [9.17, 15) is 9.90 Å². The first kappa shape index (κ1) is 11.6. The molecule has 0 aliphatic heterocycles. The molecule has 8 heavy (non-hydrogen) atoms. The molecule has 0 aliphatic rings. The number of ketones is 1. The molecule has 40 valence electrons. The van der Waals surface area contributed by atoms with Crippen LogP contribution in [0.4, 0.5) is 0 Å². The van der Waals surface area contributed by atoms with Gasteiger partial charge in [-0.3, -0.25) is 4.79 Å². The Kier molecular flexibility index (Phi) is 8.68. The molecule has 0 heterocycles. The van der Waals surface area contributed by atoms with E-state index in [-0.39, 0.29) is 62.9 Å². The molecule has 0 saturated carbocycles. The van der Waals surface area contributed by atoms with Crippen molar-refractivity contribution in [2.24, 2.45) is 0 Å². The van der Waals surface area contributed by atoms with Gasteiger partial charge in [-0.05, 0) is 13.0 Å². The van der Waals surface area contributed by atoms with E-state index in [0.717, 1.165) is 6.08 Å². The van der Waals surface area contributed by atoms with E-state index in [0.29, 0.717) is 0 Å². The first-order valence-electron chi connectivity index (χ1n) is 1.99. The molecule has 3 heteroatoms. The van der Waals surface area contributed by atoms with Crippen molar-refractivity contribution in [2.75, 3.05) is 0 Å². The minimum atomic E-state index is -0.187. The summed E-state index contributed by atoms with van der Waals surface area (Å²) in [5, 5.41) is 9.98. The van der Waals surface area contributed by atoms with E-state index in [1.165, 1.54) is 13.8 Å². The van der Waals surface area contributed by atoms with Crippen LogP contribution in [0.1, 0.15) is 13.8 Å². The van der Waals surface area contributed by atoms with E-state index in [1.807, 2.05) is 0 Å². The second-order valence-electron chi connectivity index (χ2n) is 1.37. The van der Waals surface area contributed by atoms with Gasteiger partial charge in [0.2, 0.25) is 0 Å². The Bertz CT molecular complexity index is 103. The predicted octanol–water partition coefficient (Wildman–Crippen LogP) is -3.16. The van der Waals surface area contributed by atoms with Crippen molar-refractivity contribution in [3.05, 3.63) is 11.8 Å². The van der Waals surface area contributed by atoms with Crippen molar-refractivity contribution in [1.29, 1.82) is 0 Å². The van der Waals surface area contributed by atoms with Crippen LogP contribution < -0.4 is 56.5 Å². The maximum absolute atomic E-state index is 9.98. The van der Waals surface area contributed by atoms with Gasteiger partial charge in [-0.1, -0.05) is 6.92 Å². The summed E-state index contributed by atoms with van der Waals surface area (Å²) in [6.45, 7) is 2.70. The van der Waals surface area contributed by atoms with Gasteiger partial charge >= 0.3 is 51.4 Å². The zero-order valence-corrected chi connectivity index (χ0v) is 8.52. The van der Waals surface area contributed by atoms with E-state index in [2.05, 4.69) is 0 Å². The molecule has 0 aromatic carbocycles. The van der Waals surface area contributed by atoms with E-state index in [4.69, 9.17) is 0 Å². The minimum Gasteiger partial charge on any atom is -0.876 e. The summed E-state index contributed by atoms with van der Waals surface area (Å²) >= 11 is 0. The first-order chi connectivity index (χ1) is 3.13. The Morgan fingerprint density at radius 2 is 1.88 bits per heavy atom. The Morgan fingerprint density at radius 1 is 1.50 bits per heavy atom. The average Bonchev–Trinajstić information content (AvgIpc) is 1.27. The third-order valence-corrected chi connectivity index (χ3v) is 0.407. The van der Waals surface area contributed by atoms with Gasteiger partial charge in [0.1, 0.15) is 0 Å². The summed E-state index contributed by atoms with van der Waals surface area (Å²) in [5.74, 6) is -0.375. The van der Waals surface area contributed by atoms with Crippen LogP contribution in [-0.2, 0) is 4.79 Å². The third-order valence-electron chi connectivity index (χ3n) is 0.407. The van der Waals surface area contributed by atoms with Crippen LogP contribution in [0.5, 0.6) is 0 Å². The molecule has 0 amide bonds. The van der Waals surface area contributed by atoms with Gasteiger partial charge in [0.05, 0.1) is 0 Å². The molecule has 0 bridgehead atoms. The number of hydrogen-bond donors (Lipinski definition) is 0. The molecule has 0 saturated heterocycles. The van der Waals surface area contributed by atoms with Crippen molar-refractivity contribution in [1.82, 2.24) is 0 Å². The van der Waals surface area contributed by atoms with Gasteiger partial charge in [-0.2, -0.15) is 0 Å². The van der Waals surface area contributed by atoms with Gasteiger partial charge in [-0.25, -0.2) is 0 Å². The maximum atomic E-state index is 9.98. The van der Waals surface area contributed by atoms with Crippen LogP contribution in [0.25, 0.3) is 0 Å². The molecule has 0 fully saturated rings.